The molecule has 1 spiro atoms. The Kier molecular flexibility index (Phi) is 4.91. The molecule has 0 atom stereocenters. The molecular formula is C26H26N2O. The number of ether oxygens (including phenoxy) is 1. The summed E-state index contributed by atoms with van der Waals surface area (Å²) in [6.07, 6.45) is 3.08. The SMILES string of the molecule is c1ccc(-c2ccccc2CN=C2Nc3ccccc3CC23CCOCC3)cc1. The fourth-order valence-electron chi connectivity index (χ4n) is 4.61. The molecule has 1 saturated heterocycles. The topological polar surface area (TPSA) is 33.6 Å². The van der Waals surface area contributed by atoms with Crippen LogP contribution in [0, 0.1) is 5.41 Å². The third-order valence-corrected chi connectivity index (χ3v) is 6.26. The summed E-state index contributed by atoms with van der Waals surface area (Å²) in [6, 6.07) is 27.8. The van der Waals surface area contributed by atoms with Gasteiger partial charge >= 0.3 is 0 Å². The van der Waals surface area contributed by atoms with Gasteiger partial charge in [0.25, 0.3) is 0 Å². The first-order valence-electron chi connectivity index (χ1n) is 10.5. The molecule has 0 radical (unpaired) electrons. The summed E-state index contributed by atoms with van der Waals surface area (Å²) in [5.41, 5.74) is 6.40. The van der Waals surface area contributed by atoms with Crippen LogP contribution in [0.1, 0.15) is 24.0 Å². The van der Waals surface area contributed by atoms with Gasteiger partial charge in [-0.15, -0.1) is 0 Å². The third-order valence-electron chi connectivity index (χ3n) is 6.26. The molecule has 2 aliphatic heterocycles. The van der Waals surface area contributed by atoms with Crippen molar-refractivity contribution in [2.45, 2.75) is 25.8 Å². The second-order valence-corrected chi connectivity index (χ2v) is 8.04. The highest BCUT2D eigenvalue weighted by atomic mass is 16.5. The van der Waals surface area contributed by atoms with E-state index >= 15 is 0 Å². The van der Waals surface area contributed by atoms with Gasteiger partial charge in [-0.3, -0.25) is 4.99 Å². The number of benzene rings is 3. The van der Waals surface area contributed by atoms with E-state index in [1.54, 1.807) is 0 Å². The number of anilines is 1. The lowest BCUT2D eigenvalue weighted by Gasteiger charge is -2.42. The highest BCUT2D eigenvalue weighted by Crippen LogP contribution is 2.42. The summed E-state index contributed by atoms with van der Waals surface area (Å²) in [7, 11) is 0. The number of fused-ring (bicyclic) bond motifs is 1. The minimum Gasteiger partial charge on any atom is -0.381 e. The standard InChI is InChI=1S/C26H26N2O/c1-2-8-20(9-3-1)23-12-6-4-11-22(23)19-27-25-26(14-16-29-17-15-26)18-21-10-5-7-13-24(21)28-25/h1-13H,14-19H2,(H,27,28). The summed E-state index contributed by atoms with van der Waals surface area (Å²) < 4.78 is 5.69. The summed E-state index contributed by atoms with van der Waals surface area (Å²) in [5.74, 6) is 1.13. The molecule has 29 heavy (non-hydrogen) atoms. The molecule has 0 aromatic heterocycles. The van der Waals surface area contributed by atoms with Crippen molar-refractivity contribution in [2.24, 2.45) is 10.4 Å². The van der Waals surface area contributed by atoms with E-state index in [-0.39, 0.29) is 5.41 Å². The van der Waals surface area contributed by atoms with Crippen molar-refractivity contribution in [1.29, 1.82) is 0 Å². The molecule has 3 nitrogen and oxygen atoms in total. The summed E-state index contributed by atoms with van der Waals surface area (Å²) in [4.78, 5) is 5.17. The zero-order chi connectivity index (χ0) is 19.5. The van der Waals surface area contributed by atoms with Crippen molar-refractivity contribution < 1.29 is 4.74 Å². The fraction of sp³-hybridized carbons (Fsp3) is 0.269. The van der Waals surface area contributed by atoms with Crippen LogP contribution in [0.2, 0.25) is 0 Å². The first-order valence-corrected chi connectivity index (χ1v) is 10.5. The molecule has 3 aromatic carbocycles. The number of nitrogens with one attached hydrogen (secondary N) is 1. The Morgan fingerprint density at radius 3 is 2.41 bits per heavy atom. The highest BCUT2D eigenvalue weighted by molar-refractivity contribution is 6.02. The third kappa shape index (κ3) is 3.58. The van der Waals surface area contributed by atoms with Gasteiger partial charge in [-0.05, 0) is 47.6 Å². The van der Waals surface area contributed by atoms with E-state index in [2.05, 4.69) is 84.2 Å². The van der Waals surface area contributed by atoms with Crippen LogP contribution in [-0.4, -0.2) is 19.0 Å². The lowest BCUT2D eigenvalue weighted by molar-refractivity contribution is 0.0448. The predicted molar refractivity (Wildman–Crippen MR) is 119 cm³/mol. The smallest absolute Gasteiger partial charge is 0.108 e. The first-order chi connectivity index (χ1) is 14.3. The van der Waals surface area contributed by atoms with Gasteiger partial charge < -0.3 is 10.1 Å². The maximum absolute atomic E-state index is 5.69. The molecule has 146 valence electrons. The molecular weight excluding hydrogens is 356 g/mol. The number of hydrogen-bond acceptors (Lipinski definition) is 2. The van der Waals surface area contributed by atoms with E-state index in [4.69, 9.17) is 9.73 Å². The molecule has 1 N–H and O–H groups in total. The van der Waals surface area contributed by atoms with Crippen molar-refractivity contribution in [2.75, 3.05) is 18.5 Å². The molecule has 0 bridgehead atoms. The van der Waals surface area contributed by atoms with Gasteiger partial charge in [-0.1, -0.05) is 72.8 Å². The van der Waals surface area contributed by atoms with Gasteiger partial charge in [0.1, 0.15) is 5.84 Å². The number of aliphatic imine (C=N–C) groups is 1. The number of hydrogen-bond donors (Lipinski definition) is 1. The van der Waals surface area contributed by atoms with E-state index in [0.29, 0.717) is 6.54 Å². The van der Waals surface area contributed by atoms with Crippen LogP contribution in [-0.2, 0) is 17.7 Å². The molecule has 2 heterocycles. The Morgan fingerprint density at radius 1 is 0.828 bits per heavy atom. The maximum Gasteiger partial charge on any atom is 0.108 e. The van der Waals surface area contributed by atoms with Gasteiger partial charge in [0.05, 0.1) is 6.54 Å². The second-order valence-electron chi connectivity index (χ2n) is 8.04. The lowest BCUT2D eigenvalue weighted by Crippen LogP contribution is -2.45. The van der Waals surface area contributed by atoms with Gasteiger partial charge in [0, 0.05) is 24.3 Å². The van der Waals surface area contributed by atoms with Crippen LogP contribution in [0.3, 0.4) is 0 Å². The molecule has 0 saturated carbocycles. The van der Waals surface area contributed by atoms with Gasteiger partial charge in [-0.25, -0.2) is 0 Å². The summed E-state index contributed by atoms with van der Waals surface area (Å²) in [5, 5.41) is 3.68. The number of rotatable bonds is 3. The number of para-hydroxylation sites is 1. The van der Waals surface area contributed by atoms with Crippen LogP contribution in [0.4, 0.5) is 5.69 Å². The second kappa shape index (κ2) is 7.84. The molecule has 1 fully saturated rings. The lowest BCUT2D eigenvalue weighted by atomic mass is 9.71. The van der Waals surface area contributed by atoms with Crippen LogP contribution in [0.5, 0.6) is 0 Å². The van der Waals surface area contributed by atoms with E-state index in [1.807, 2.05) is 0 Å². The largest absolute Gasteiger partial charge is 0.381 e. The molecule has 5 rings (SSSR count). The van der Waals surface area contributed by atoms with E-state index in [1.165, 1.54) is 27.9 Å². The van der Waals surface area contributed by atoms with Crippen molar-refractivity contribution in [3.05, 3.63) is 90.0 Å². The number of amidine groups is 1. The monoisotopic (exact) mass is 382 g/mol. The van der Waals surface area contributed by atoms with Crippen LogP contribution in [0.25, 0.3) is 11.1 Å². The molecule has 2 aliphatic rings. The number of nitrogens with zero attached hydrogens (tertiary/aromatic N) is 1. The average molecular weight is 383 g/mol. The Bertz CT molecular complexity index is 1020. The molecule has 0 amide bonds. The van der Waals surface area contributed by atoms with Gasteiger partial charge in [0.2, 0.25) is 0 Å². The predicted octanol–water partition coefficient (Wildman–Crippen LogP) is 5.72. The Balaban J connectivity index is 1.50. The Morgan fingerprint density at radius 2 is 1.55 bits per heavy atom. The van der Waals surface area contributed by atoms with Crippen LogP contribution in [0.15, 0.2) is 83.9 Å². The van der Waals surface area contributed by atoms with Crippen molar-refractivity contribution in [1.82, 2.24) is 0 Å². The molecule has 0 unspecified atom stereocenters. The zero-order valence-corrected chi connectivity index (χ0v) is 16.6. The normalized spacial score (nSPS) is 19.0. The quantitative estimate of drug-likeness (QED) is 0.629. The Hall–Kier alpha value is -2.91. The maximum atomic E-state index is 5.69. The van der Waals surface area contributed by atoms with Gasteiger partial charge in [-0.2, -0.15) is 0 Å². The molecule has 3 aromatic rings. The summed E-state index contributed by atoms with van der Waals surface area (Å²) >= 11 is 0. The van der Waals surface area contributed by atoms with E-state index in [9.17, 15) is 0 Å². The van der Waals surface area contributed by atoms with E-state index < -0.39 is 0 Å². The van der Waals surface area contributed by atoms with E-state index in [0.717, 1.165) is 38.3 Å². The van der Waals surface area contributed by atoms with Crippen LogP contribution >= 0.6 is 0 Å². The molecule has 3 heteroatoms. The average Bonchev–Trinajstić information content (AvgIpc) is 2.79. The van der Waals surface area contributed by atoms with Crippen molar-refractivity contribution >= 4 is 11.5 Å². The van der Waals surface area contributed by atoms with Gasteiger partial charge in [0.15, 0.2) is 0 Å². The fourth-order valence-corrected chi connectivity index (χ4v) is 4.61. The summed E-state index contributed by atoms with van der Waals surface area (Å²) in [6.45, 7) is 2.30. The minimum atomic E-state index is 0.0638. The van der Waals surface area contributed by atoms with Crippen molar-refractivity contribution in [3.8, 4) is 11.1 Å². The van der Waals surface area contributed by atoms with Crippen molar-refractivity contribution in [3.63, 3.8) is 0 Å². The first kappa shape index (κ1) is 18.1. The zero-order valence-electron chi connectivity index (χ0n) is 16.6. The minimum absolute atomic E-state index is 0.0638. The molecule has 0 aliphatic carbocycles. The van der Waals surface area contributed by atoms with Crippen LogP contribution < -0.4 is 5.32 Å². The Labute approximate surface area is 172 Å². The highest BCUT2D eigenvalue weighted by Gasteiger charge is 2.41.